The second-order valence-corrected chi connectivity index (χ2v) is 4.47. The summed E-state index contributed by atoms with van der Waals surface area (Å²) >= 11 is 6.10. The maximum absolute atomic E-state index is 11.7. The lowest BCUT2D eigenvalue weighted by atomic mass is 10.2. The van der Waals surface area contributed by atoms with Gasteiger partial charge in [0.25, 0.3) is 0 Å². The molecular formula is C14H22Cl2N2O3. The van der Waals surface area contributed by atoms with Crippen LogP contribution in [-0.2, 0) is 9.53 Å². The summed E-state index contributed by atoms with van der Waals surface area (Å²) in [6, 6.07) is 5.26. The van der Waals surface area contributed by atoms with Crippen LogP contribution in [0, 0.1) is 0 Å². The van der Waals surface area contributed by atoms with E-state index < -0.39 is 0 Å². The van der Waals surface area contributed by atoms with E-state index in [4.69, 9.17) is 21.1 Å². The molecule has 5 nitrogen and oxygen atoms in total. The molecule has 0 aliphatic carbocycles. The Morgan fingerprint density at radius 3 is 2.76 bits per heavy atom. The van der Waals surface area contributed by atoms with Gasteiger partial charge in [-0.15, -0.1) is 12.4 Å². The first-order valence-electron chi connectivity index (χ1n) is 6.62. The number of carbonyl (C=O) groups is 1. The molecule has 2 N–H and O–H groups in total. The predicted molar refractivity (Wildman–Crippen MR) is 87.9 cm³/mol. The summed E-state index contributed by atoms with van der Waals surface area (Å²) in [5.74, 6) is 0.392. The van der Waals surface area contributed by atoms with Gasteiger partial charge in [0.05, 0.1) is 17.3 Å². The van der Waals surface area contributed by atoms with E-state index in [9.17, 15) is 4.79 Å². The van der Waals surface area contributed by atoms with Gasteiger partial charge in [-0.25, -0.2) is 0 Å². The second kappa shape index (κ2) is 11.6. The molecule has 0 aliphatic rings. The Balaban J connectivity index is 0.00000400. The molecule has 1 rings (SSSR count). The van der Waals surface area contributed by atoms with Crippen LogP contribution >= 0.6 is 24.0 Å². The smallest absolute Gasteiger partial charge is 0.225 e. The molecule has 21 heavy (non-hydrogen) atoms. The van der Waals surface area contributed by atoms with Crippen molar-refractivity contribution in [3.63, 3.8) is 0 Å². The molecule has 0 unspecified atom stereocenters. The standard InChI is InChI=1S/C14H21ClN2O3.ClH/c1-3-19-9-10-20-14-11(15)5-4-6-12(14)17-13(18)7-8-16-2;/h4-6,16H,3,7-10H2,1-2H3,(H,17,18);1H. The van der Waals surface area contributed by atoms with E-state index in [-0.39, 0.29) is 18.3 Å². The lowest BCUT2D eigenvalue weighted by Gasteiger charge is -2.14. The van der Waals surface area contributed by atoms with Gasteiger partial charge >= 0.3 is 0 Å². The highest BCUT2D eigenvalue weighted by Crippen LogP contribution is 2.32. The quantitative estimate of drug-likeness (QED) is 0.680. The molecule has 0 heterocycles. The number of hydrogen-bond acceptors (Lipinski definition) is 4. The van der Waals surface area contributed by atoms with Crippen molar-refractivity contribution >= 4 is 35.6 Å². The zero-order chi connectivity index (χ0) is 14.8. The van der Waals surface area contributed by atoms with Crippen molar-refractivity contribution in [2.24, 2.45) is 0 Å². The molecule has 0 fully saturated rings. The van der Waals surface area contributed by atoms with E-state index in [2.05, 4.69) is 10.6 Å². The van der Waals surface area contributed by atoms with Crippen LogP contribution < -0.4 is 15.4 Å². The number of halogens is 2. The summed E-state index contributed by atoms with van der Waals surface area (Å²) in [7, 11) is 1.80. The topological polar surface area (TPSA) is 59.6 Å². The van der Waals surface area contributed by atoms with Gasteiger partial charge in [0.1, 0.15) is 6.61 Å². The Morgan fingerprint density at radius 2 is 2.10 bits per heavy atom. The number of nitrogens with one attached hydrogen (secondary N) is 2. The van der Waals surface area contributed by atoms with Gasteiger partial charge < -0.3 is 20.1 Å². The predicted octanol–water partition coefficient (Wildman–Crippen LogP) is 2.73. The highest BCUT2D eigenvalue weighted by Gasteiger charge is 2.11. The van der Waals surface area contributed by atoms with E-state index in [1.165, 1.54) is 0 Å². The van der Waals surface area contributed by atoms with Crippen molar-refractivity contribution < 1.29 is 14.3 Å². The lowest BCUT2D eigenvalue weighted by molar-refractivity contribution is -0.116. The molecule has 0 atom stereocenters. The minimum atomic E-state index is -0.0868. The molecule has 1 aromatic carbocycles. The van der Waals surface area contributed by atoms with E-state index in [0.29, 0.717) is 49.2 Å². The average molecular weight is 337 g/mol. The molecule has 7 heteroatoms. The third-order valence-corrected chi connectivity index (χ3v) is 2.82. The number of ether oxygens (including phenoxy) is 2. The monoisotopic (exact) mass is 336 g/mol. The largest absolute Gasteiger partial charge is 0.487 e. The summed E-state index contributed by atoms with van der Waals surface area (Å²) in [5.41, 5.74) is 0.579. The van der Waals surface area contributed by atoms with Crippen LogP contribution in [0.25, 0.3) is 0 Å². The van der Waals surface area contributed by atoms with Crippen LogP contribution in [0.5, 0.6) is 5.75 Å². The van der Waals surface area contributed by atoms with Gasteiger partial charge in [-0.1, -0.05) is 17.7 Å². The first kappa shape index (κ1) is 20.0. The number of para-hydroxylation sites is 1. The number of benzene rings is 1. The first-order valence-corrected chi connectivity index (χ1v) is 7.00. The third kappa shape index (κ3) is 7.52. The minimum absolute atomic E-state index is 0. The van der Waals surface area contributed by atoms with Gasteiger partial charge in [0, 0.05) is 19.6 Å². The van der Waals surface area contributed by atoms with Gasteiger partial charge in [-0.05, 0) is 26.1 Å². The van der Waals surface area contributed by atoms with Crippen molar-refractivity contribution in [2.75, 3.05) is 38.7 Å². The van der Waals surface area contributed by atoms with Crippen molar-refractivity contribution in [2.45, 2.75) is 13.3 Å². The van der Waals surface area contributed by atoms with Gasteiger partial charge in [-0.2, -0.15) is 0 Å². The summed E-state index contributed by atoms with van der Waals surface area (Å²) in [6.07, 6.45) is 0.390. The van der Waals surface area contributed by atoms with Crippen molar-refractivity contribution in [1.29, 1.82) is 0 Å². The molecule has 0 aromatic heterocycles. The maximum atomic E-state index is 11.7. The molecular weight excluding hydrogens is 315 g/mol. The van der Waals surface area contributed by atoms with Crippen molar-refractivity contribution in [3.05, 3.63) is 23.2 Å². The van der Waals surface area contributed by atoms with E-state index >= 15 is 0 Å². The molecule has 0 bridgehead atoms. The Bertz CT molecular complexity index is 431. The number of rotatable bonds is 9. The van der Waals surface area contributed by atoms with Crippen LogP contribution in [0.1, 0.15) is 13.3 Å². The fourth-order valence-corrected chi connectivity index (χ4v) is 1.78. The Kier molecular flexibility index (Phi) is 11.1. The van der Waals surface area contributed by atoms with Crippen LogP contribution in [0.3, 0.4) is 0 Å². The van der Waals surface area contributed by atoms with Gasteiger partial charge in [0.15, 0.2) is 5.75 Å². The fraction of sp³-hybridized carbons (Fsp3) is 0.500. The van der Waals surface area contributed by atoms with Gasteiger partial charge in [0.2, 0.25) is 5.91 Å². The Hall–Kier alpha value is -1.01. The molecule has 1 aromatic rings. The zero-order valence-corrected chi connectivity index (χ0v) is 13.9. The maximum Gasteiger partial charge on any atom is 0.225 e. The normalized spacial score (nSPS) is 9.86. The van der Waals surface area contributed by atoms with Crippen molar-refractivity contribution in [3.8, 4) is 5.75 Å². The zero-order valence-electron chi connectivity index (χ0n) is 12.3. The summed E-state index contributed by atoms with van der Waals surface area (Å²) in [4.78, 5) is 11.7. The summed E-state index contributed by atoms with van der Waals surface area (Å²) < 4.78 is 10.8. The van der Waals surface area contributed by atoms with Crippen LogP contribution in [0.2, 0.25) is 5.02 Å². The summed E-state index contributed by atoms with van der Waals surface area (Å²) in [6.45, 7) is 4.04. The van der Waals surface area contributed by atoms with Gasteiger partial charge in [-0.3, -0.25) is 4.79 Å². The summed E-state index contributed by atoms with van der Waals surface area (Å²) in [5, 5.41) is 6.19. The minimum Gasteiger partial charge on any atom is -0.487 e. The van der Waals surface area contributed by atoms with E-state index in [0.717, 1.165) is 0 Å². The molecule has 0 aliphatic heterocycles. The molecule has 0 saturated heterocycles. The lowest BCUT2D eigenvalue weighted by Crippen LogP contribution is -2.19. The number of amides is 1. The Labute approximate surface area is 136 Å². The third-order valence-electron chi connectivity index (χ3n) is 2.52. The number of anilines is 1. The SMILES string of the molecule is CCOCCOc1c(Cl)cccc1NC(=O)CCNC.Cl. The molecule has 0 spiro atoms. The van der Waals surface area contributed by atoms with Crippen LogP contribution in [0.15, 0.2) is 18.2 Å². The fourth-order valence-electron chi connectivity index (χ4n) is 1.55. The highest BCUT2D eigenvalue weighted by atomic mass is 35.5. The second-order valence-electron chi connectivity index (χ2n) is 4.06. The Morgan fingerprint density at radius 1 is 1.33 bits per heavy atom. The van der Waals surface area contributed by atoms with Crippen molar-refractivity contribution in [1.82, 2.24) is 5.32 Å². The molecule has 120 valence electrons. The molecule has 1 amide bonds. The number of carbonyl (C=O) groups excluding carboxylic acids is 1. The van der Waals surface area contributed by atoms with E-state index in [1.807, 2.05) is 6.92 Å². The average Bonchev–Trinajstić information content (AvgIpc) is 2.43. The highest BCUT2D eigenvalue weighted by molar-refractivity contribution is 6.32. The van der Waals surface area contributed by atoms with E-state index in [1.54, 1.807) is 25.2 Å². The first-order chi connectivity index (χ1) is 9.69. The van der Waals surface area contributed by atoms with Crippen LogP contribution in [-0.4, -0.2) is 39.3 Å². The molecule has 0 saturated carbocycles. The van der Waals surface area contributed by atoms with Crippen LogP contribution in [0.4, 0.5) is 5.69 Å². The number of hydrogen-bond donors (Lipinski definition) is 2. The molecule has 0 radical (unpaired) electrons.